The van der Waals surface area contributed by atoms with Crippen LogP contribution < -0.4 is 11.5 Å². The molecular formula is C12H6Cl4N6O2. The van der Waals surface area contributed by atoms with Crippen molar-refractivity contribution in [2.45, 2.75) is 6.54 Å². The number of nitrogen functional groups attached to an aromatic ring is 2. The Balaban J connectivity index is 2.08. The van der Waals surface area contributed by atoms with Crippen molar-refractivity contribution >= 4 is 70.1 Å². The summed E-state index contributed by atoms with van der Waals surface area (Å²) in [5, 5.41) is -0.536. The van der Waals surface area contributed by atoms with Crippen LogP contribution in [0.3, 0.4) is 0 Å². The van der Waals surface area contributed by atoms with Gasteiger partial charge in [0.15, 0.2) is 5.82 Å². The first-order valence-electron chi connectivity index (χ1n) is 6.20. The number of benzene rings is 1. The largest absolute Gasteiger partial charge is 0.368 e. The number of imide groups is 1. The molecule has 0 unspecified atom stereocenters. The Morgan fingerprint density at radius 2 is 1.17 bits per heavy atom. The predicted octanol–water partition coefficient (Wildman–Crippen LogP) is 2.45. The molecule has 124 valence electrons. The van der Waals surface area contributed by atoms with Crippen LogP contribution in [-0.2, 0) is 6.54 Å². The molecule has 2 heterocycles. The van der Waals surface area contributed by atoms with Gasteiger partial charge in [-0.15, -0.1) is 0 Å². The van der Waals surface area contributed by atoms with Crippen molar-refractivity contribution in [2.75, 3.05) is 11.5 Å². The molecule has 0 aliphatic carbocycles. The average molecular weight is 408 g/mol. The highest BCUT2D eigenvalue weighted by Crippen LogP contribution is 2.44. The number of fused-ring (bicyclic) bond motifs is 1. The fourth-order valence-electron chi connectivity index (χ4n) is 2.21. The summed E-state index contributed by atoms with van der Waals surface area (Å²) in [7, 11) is 0. The number of hydrogen-bond donors (Lipinski definition) is 2. The van der Waals surface area contributed by atoms with Crippen LogP contribution >= 0.6 is 46.4 Å². The number of hydrogen-bond acceptors (Lipinski definition) is 7. The highest BCUT2D eigenvalue weighted by molar-refractivity contribution is 6.55. The predicted molar refractivity (Wildman–Crippen MR) is 89.3 cm³/mol. The van der Waals surface area contributed by atoms with Crippen LogP contribution in [0.15, 0.2) is 0 Å². The topological polar surface area (TPSA) is 128 Å². The first-order valence-corrected chi connectivity index (χ1v) is 7.71. The van der Waals surface area contributed by atoms with Gasteiger partial charge in [-0.2, -0.15) is 15.0 Å². The minimum Gasteiger partial charge on any atom is -0.368 e. The normalized spacial score (nSPS) is 13.6. The molecule has 0 saturated heterocycles. The van der Waals surface area contributed by atoms with Crippen LogP contribution in [0, 0.1) is 0 Å². The lowest BCUT2D eigenvalue weighted by molar-refractivity contribution is 0.0638. The highest BCUT2D eigenvalue weighted by atomic mass is 35.5. The van der Waals surface area contributed by atoms with Gasteiger partial charge in [0, 0.05) is 0 Å². The van der Waals surface area contributed by atoms with Crippen molar-refractivity contribution in [1.29, 1.82) is 0 Å². The van der Waals surface area contributed by atoms with Gasteiger partial charge < -0.3 is 11.5 Å². The Labute approximate surface area is 154 Å². The molecule has 0 atom stereocenters. The highest BCUT2D eigenvalue weighted by Gasteiger charge is 2.41. The SMILES string of the molecule is Nc1nc(N)nc(CN2C(=O)c3c(Cl)c(Cl)c(Cl)c(Cl)c3C2=O)n1. The van der Waals surface area contributed by atoms with E-state index in [0.717, 1.165) is 4.90 Å². The van der Waals surface area contributed by atoms with Crippen LogP contribution in [0.1, 0.15) is 26.5 Å². The molecule has 2 amide bonds. The summed E-state index contributed by atoms with van der Waals surface area (Å²) in [5.41, 5.74) is 10.7. The summed E-state index contributed by atoms with van der Waals surface area (Å²) in [6.07, 6.45) is 0. The van der Waals surface area contributed by atoms with Crippen LogP contribution in [0.4, 0.5) is 11.9 Å². The van der Waals surface area contributed by atoms with E-state index in [0.29, 0.717) is 0 Å². The second-order valence-electron chi connectivity index (χ2n) is 4.67. The van der Waals surface area contributed by atoms with Gasteiger partial charge in [-0.25, -0.2) is 0 Å². The second kappa shape index (κ2) is 5.89. The van der Waals surface area contributed by atoms with Gasteiger partial charge >= 0.3 is 0 Å². The van der Waals surface area contributed by atoms with E-state index < -0.39 is 11.8 Å². The van der Waals surface area contributed by atoms with Crippen LogP contribution in [-0.4, -0.2) is 31.7 Å². The Kier molecular flexibility index (Phi) is 4.16. The van der Waals surface area contributed by atoms with Gasteiger partial charge in [-0.1, -0.05) is 46.4 Å². The fraction of sp³-hybridized carbons (Fsp3) is 0.0833. The molecule has 8 nitrogen and oxygen atoms in total. The van der Waals surface area contributed by atoms with Gasteiger partial charge in [-0.3, -0.25) is 14.5 Å². The van der Waals surface area contributed by atoms with Gasteiger partial charge in [-0.05, 0) is 0 Å². The van der Waals surface area contributed by atoms with E-state index in [1.54, 1.807) is 0 Å². The Morgan fingerprint density at radius 3 is 1.58 bits per heavy atom. The molecule has 2 aromatic rings. The quantitative estimate of drug-likeness (QED) is 0.444. The van der Waals surface area contributed by atoms with E-state index in [2.05, 4.69) is 15.0 Å². The zero-order valence-corrected chi connectivity index (χ0v) is 14.5. The van der Waals surface area contributed by atoms with Gasteiger partial charge in [0.25, 0.3) is 11.8 Å². The molecule has 0 radical (unpaired) electrons. The molecule has 12 heteroatoms. The summed E-state index contributed by atoms with van der Waals surface area (Å²) < 4.78 is 0. The number of carbonyl (C=O) groups is 2. The average Bonchev–Trinajstić information content (AvgIpc) is 2.74. The van der Waals surface area contributed by atoms with E-state index in [-0.39, 0.29) is 55.5 Å². The number of aromatic nitrogens is 3. The lowest BCUT2D eigenvalue weighted by Crippen LogP contribution is -2.30. The summed E-state index contributed by atoms with van der Waals surface area (Å²) >= 11 is 23.9. The van der Waals surface area contributed by atoms with Crippen molar-refractivity contribution in [3.63, 3.8) is 0 Å². The molecule has 1 aromatic heterocycles. The van der Waals surface area contributed by atoms with Crippen LogP contribution in [0.5, 0.6) is 0 Å². The minimum atomic E-state index is -0.710. The molecule has 0 fully saturated rings. The summed E-state index contributed by atoms with van der Waals surface area (Å²) in [6.45, 7) is -0.300. The van der Waals surface area contributed by atoms with E-state index in [9.17, 15) is 9.59 Å². The fourth-order valence-corrected chi connectivity index (χ4v) is 3.22. The maximum Gasteiger partial charge on any atom is 0.263 e. The molecule has 1 aliphatic heterocycles. The number of nitrogens with two attached hydrogens (primary N) is 2. The minimum absolute atomic E-state index is 0.0268. The molecule has 0 bridgehead atoms. The third-order valence-electron chi connectivity index (χ3n) is 3.20. The Bertz CT molecular complexity index is 852. The third-order valence-corrected chi connectivity index (χ3v) is 5.00. The van der Waals surface area contributed by atoms with Gasteiger partial charge in [0.05, 0.1) is 37.8 Å². The van der Waals surface area contributed by atoms with E-state index in [1.807, 2.05) is 0 Å². The van der Waals surface area contributed by atoms with Crippen molar-refractivity contribution in [2.24, 2.45) is 0 Å². The zero-order chi connectivity index (χ0) is 17.8. The number of nitrogens with zero attached hydrogens (tertiary/aromatic N) is 4. The third kappa shape index (κ3) is 2.51. The number of amides is 2. The standard InChI is InChI=1S/C12H6Cl4N6O2/c13-5-3-4(6(14)8(16)7(5)15)10(24)22(9(3)23)1-2-19-11(17)21-12(18)20-2/h1H2,(H4,17,18,19,20,21). The van der Waals surface area contributed by atoms with Crippen molar-refractivity contribution < 1.29 is 9.59 Å². The Hall–Kier alpha value is -1.87. The monoisotopic (exact) mass is 406 g/mol. The zero-order valence-electron chi connectivity index (χ0n) is 11.5. The molecule has 0 saturated carbocycles. The lowest BCUT2D eigenvalue weighted by atomic mass is 10.1. The maximum absolute atomic E-state index is 12.5. The molecule has 3 rings (SSSR count). The molecule has 24 heavy (non-hydrogen) atoms. The van der Waals surface area contributed by atoms with Gasteiger partial charge in [0.2, 0.25) is 11.9 Å². The maximum atomic E-state index is 12.5. The van der Waals surface area contributed by atoms with Crippen molar-refractivity contribution in [3.8, 4) is 0 Å². The first kappa shape index (κ1) is 17.0. The smallest absolute Gasteiger partial charge is 0.263 e. The number of carbonyl (C=O) groups excluding carboxylic acids is 2. The number of anilines is 2. The molecule has 0 spiro atoms. The molecule has 1 aromatic carbocycles. The Morgan fingerprint density at radius 1 is 0.750 bits per heavy atom. The molecule has 4 N–H and O–H groups in total. The van der Waals surface area contributed by atoms with E-state index in [1.165, 1.54) is 0 Å². The van der Waals surface area contributed by atoms with Crippen LogP contribution in [0.2, 0.25) is 20.1 Å². The summed E-state index contributed by atoms with van der Waals surface area (Å²) in [6, 6.07) is 0. The lowest BCUT2D eigenvalue weighted by Gasteiger charge is -2.12. The first-order chi connectivity index (χ1) is 11.2. The second-order valence-corrected chi connectivity index (χ2v) is 6.18. The van der Waals surface area contributed by atoms with Gasteiger partial charge in [0.1, 0.15) is 0 Å². The van der Waals surface area contributed by atoms with Crippen molar-refractivity contribution in [1.82, 2.24) is 19.9 Å². The van der Waals surface area contributed by atoms with E-state index in [4.69, 9.17) is 57.9 Å². The molecule has 1 aliphatic rings. The summed E-state index contributed by atoms with van der Waals surface area (Å²) in [5.74, 6) is -1.68. The van der Waals surface area contributed by atoms with Crippen LogP contribution in [0.25, 0.3) is 0 Å². The number of halogens is 4. The van der Waals surface area contributed by atoms with Crippen molar-refractivity contribution in [3.05, 3.63) is 37.0 Å². The molecular weight excluding hydrogens is 402 g/mol. The number of rotatable bonds is 2. The van der Waals surface area contributed by atoms with E-state index >= 15 is 0 Å². The summed E-state index contributed by atoms with van der Waals surface area (Å²) in [4.78, 5) is 37.2.